The molecule has 0 amide bonds. The maximum atomic E-state index is 5.40. The highest BCUT2D eigenvalue weighted by atomic mass is 32.1. The molecule has 0 spiro atoms. The first-order chi connectivity index (χ1) is 9.25. The molecule has 2 aromatic carbocycles. The molecular formula is C15H13N3S. The molecule has 1 N–H and O–H groups in total. The number of amidine groups is 1. The molecular weight excluding hydrogens is 254 g/mol. The Balaban J connectivity index is 2.16. The number of nitrogens with zero attached hydrogens (tertiary/aromatic N) is 2. The standard InChI is InChI=1S/C15H13N3S/c1-18-14(11-7-3-2-4-8-11)16-12-9-5-6-10-13(12)17-15(18)19/h2-10H,1H3,(H,17,19). The van der Waals surface area contributed by atoms with Crippen molar-refractivity contribution >= 4 is 34.5 Å². The van der Waals surface area contributed by atoms with E-state index in [-0.39, 0.29) is 0 Å². The molecule has 94 valence electrons. The number of hydrogen-bond donors (Lipinski definition) is 1. The van der Waals surface area contributed by atoms with Crippen molar-refractivity contribution in [3.63, 3.8) is 0 Å². The topological polar surface area (TPSA) is 27.6 Å². The monoisotopic (exact) mass is 267 g/mol. The van der Waals surface area contributed by atoms with Crippen LogP contribution in [0.3, 0.4) is 0 Å². The number of benzene rings is 2. The molecule has 2 aromatic rings. The van der Waals surface area contributed by atoms with Crippen molar-refractivity contribution in [3.05, 3.63) is 60.2 Å². The van der Waals surface area contributed by atoms with Gasteiger partial charge in [0.1, 0.15) is 5.84 Å². The van der Waals surface area contributed by atoms with Crippen LogP contribution in [0, 0.1) is 0 Å². The molecule has 0 radical (unpaired) electrons. The average molecular weight is 267 g/mol. The SMILES string of the molecule is CN1C(=S)Nc2ccccc2N=C1c1ccccc1. The highest BCUT2D eigenvalue weighted by Crippen LogP contribution is 2.28. The number of anilines is 1. The Labute approximate surface area is 117 Å². The van der Waals surface area contributed by atoms with E-state index >= 15 is 0 Å². The molecule has 0 aliphatic carbocycles. The van der Waals surface area contributed by atoms with Gasteiger partial charge in [0.2, 0.25) is 0 Å². The zero-order chi connectivity index (χ0) is 13.2. The molecule has 3 rings (SSSR count). The number of para-hydroxylation sites is 2. The Morgan fingerprint density at radius 2 is 1.68 bits per heavy atom. The number of rotatable bonds is 1. The van der Waals surface area contributed by atoms with Gasteiger partial charge in [-0.3, -0.25) is 0 Å². The lowest BCUT2D eigenvalue weighted by Gasteiger charge is -2.20. The van der Waals surface area contributed by atoms with Crippen LogP contribution in [0.4, 0.5) is 11.4 Å². The van der Waals surface area contributed by atoms with Crippen LogP contribution in [-0.4, -0.2) is 22.9 Å². The fourth-order valence-electron chi connectivity index (χ4n) is 2.01. The van der Waals surface area contributed by atoms with Crippen molar-refractivity contribution in [2.45, 2.75) is 0 Å². The lowest BCUT2D eigenvalue weighted by molar-refractivity contribution is 0.770. The zero-order valence-electron chi connectivity index (χ0n) is 10.5. The van der Waals surface area contributed by atoms with Crippen LogP contribution in [0.1, 0.15) is 5.56 Å². The minimum Gasteiger partial charge on any atom is -0.330 e. The van der Waals surface area contributed by atoms with Gasteiger partial charge in [-0.05, 0) is 24.4 Å². The first-order valence-corrected chi connectivity index (χ1v) is 6.44. The molecule has 0 saturated heterocycles. The number of nitrogens with one attached hydrogen (secondary N) is 1. The van der Waals surface area contributed by atoms with Crippen LogP contribution in [-0.2, 0) is 0 Å². The number of hydrogen-bond acceptors (Lipinski definition) is 2. The summed E-state index contributed by atoms with van der Waals surface area (Å²) in [6.45, 7) is 0. The molecule has 0 fully saturated rings. The van der Waals surface area contributed by atoms with Crippen molar-refractivity contribution in [1.29, 1.82) is 0 Å². The fourth-order valence-corrected chi connectivity index (χ4v) is 2.20. The van der Waals surface area contributed by atoms with Crippen molar-refractivity contribution in [3.8, 4) is 0 Å². The molecule has 0 atom stereocenters. The van der Waals surface area contributed by atoms with E-state index in [0.717, 1.165) is 22.8 Å². The lowest BCUT2D eigenvalue weighted by Crippen LogP contribution is -2.35. The average Bonchev–Trinajstić information content (AvgIpc) is 2.58. The van der Waals surface area contributed by atoms with E-state index in [1.165, 1.54) is 0 Å². The summed E-state index contributed by atoms with van der Waals surface area (Å²) in [5.74, 6) is 0.850. The van der Waals surface area contributed by atoms with Crippen LogP contribution in [0.15, 0.2) is 59.6 Å². The van der Waals surface area contributed by atoms with Crippen LogP contribution in [0.25, 0.3) is 0 Å². The summed E-state index contributed by atoms with van der Waals surface area (Å²) in [4.78, 5) is 6.63. The van der Waals surface area contributed by atoms with Gasteiger partial charge in [0, 0.05) is 12.6 Å². The van der Waals surface area contributed by atoms with Crippen molar-refractivity contribution in [2.75, 3.05) is 12.4 Å². The lowest BCUT2D eigenvalue weighted by atomic mass is 10.2. The molecule has 4 heteroatoms. The van der Waals surface area contributed by atoms with Gasteiger partial charge in [-0.1, -0.05) is 42.5 Å². The van der Waals surface area contributed by atoms with Crippen LogP contribution in [0.5, 0.6) is 0 Å². The summed E-state index contributed by atoms with van der Waals surface area (Å²) in [5.41, 5.74) is 2.88. The largest absolute Gasteiger partial charge is 0.330 e. The van der Waals surface area contributed by atoms with E-state index in [4.69, 9.17) is 17.2 Å². The van der Waals surface area contributed by atoms with E-state index in [2.05, 4.69) is 5.32 Å². The fraction of sp³-hybridized carbons (Fsp3) is 0.0667. The summed E-state index contributed by atoms with van der Waals surface area (Å²) in [7, 11) is 1.92. The van der Waals surface area contributed by atoms with Crippen molar-refractivity contribution in [2.24, 2.45) is 4.99 Å². The first-order valence-electron chi connectivity index (χ1n) is 6.03. The normalized spacial score (nSPS) is 14.3. The second-order valence-electron chi connectivity index (χ2n) is 4.31. The molecule has 0 unspecified atom stereocenters. The third kappa shape index (κ3) is 2.22. The van der Waals surface area contributed by atoms with E-state index in [1.54, 1.807) is 0 Å². The van der Waals surface area contributed by atoms with Crippen LogP contribution < -0.4 is 5.32 Å². The predicted octanol–water partition coefficient (Wildman–Crippen LogP) is 3.41. The van der Waals surface area contributed by atoms with Gasteiger partial charge in [0.15, 0.2) is 5.11 Å². The Bertz CT molecular complexity index is 649. The maximum absolute atomic E-state index is 5.40. The van der Waals surface area contributed by atoms with E-state index < -0.39 is 0 Å². The summed E-state index contributed by atoms with van der Waals surface area (Å²) in [5, 5.41) is 3.86. The highest BCUT2D eigenvalue weighted by molar-refractivity contribution is 7.80. The predicted molar refractivity (Wildman–Crippen MR) is 83.1 cm³/mol. The van der Waals surface area contributed by atoms with Gasteiger partial charge >= 0.3 is 0 Å². The Morgan fingerprint density at radius 3 is 2.47 bits per heavy atom. The quantitative estimate of drug-likeness (QED) is 0.802. The summed E-state index contributed by atoms with van der Waals surface area (Å²) in [6.07, 6.45) is 0. The van der Waals surface area contributed by atoms with Crippen molar-refractivity contribution < 1.29 is 0 Å². The van der Waals surface area contributed by atoms with Gasteiger partial charge in [0.05, 0.1) is 11.4 Å². The van der Waals surface area contributed by atoms with Gasteiger partial charge in [-0.2, -0.15) is 0 Å². The van der Waals surface area contributed by atoms with Gasteiger partial charge in [0.25, 0.3) is 0 Å². The van der Waals surface area contributed by atoms with E-state index in [9.17, 15) is 0 Å². The number of aliphatic imine (C=N–C) groups is 1. The molecule has 0 bridgehead atoms. The van der Waals surface area contributed by atoms with Gasteiger partial charge in [-0.25, -0.2) is 4.99 Å². The van der Waals surface area contributed by atoms with Crippen molar-refractivity contribution in [1.82, 2.24) is 4.90 Å². The second kappa shape index (κ2) is 4.82. The smallest absolute Gasteiger partial charge is 0.178 e. The number of fused-ring (bicyclic) bond motifs is 1. The second-order valence-corrected chi connectivity index (χ2v) is 4.69. The van der Waals surface area contributed by atoms with E-state index in [1.807, 2.05) is 66.5 Å². The molecule has 1 aliphatic heterocycles. The molecule has 1 heterocycles. The maximum Gasteiger partial charge on any atom is 0.178 e. The minimum atomic E-state index is 0.646. The first kappa shape index (κ1) is 11.9. The molecule has 19 heavy (non-hydrogen) atoms. The molecule has 0 aromatic heterocycles. The van der Waals surface area contributed by atoms with Gasteiger partial charge < -0.3 is 10.2 Å². The summed E-state index contributed by atoms with van der Waals surface area (Å²) >= 11 is 5.40. The Morgan fingerprint density at radius 1 is 1.00 bits per heavy atom. The molecule has 1 aliphatic rings. The third-order valence-electron chi connectivity index (χ3n) is 3.03. The minimum absolute atomic E-state index is 0.646. The zero-order valence-corrected chi connectivity index (χ0v) is 11.3. The van der Waals surface area contributed by atoms with Crippen LogP contribution in [0.2, 0.25) is 0 Å². The summed E-state index contributed by atoms with van der Waals surface area (Å²) in [6, 6.07) is 18.0. The third-order valence-corrected chi connectivity index (χ3v) is 3.40. The molecule has 3 nitrogen and oxygen atoms in total. The molecule has 0 saturated carbocycles. The Hall–Kier alpha value is -2.20. The van der Waals surface area contributed by atoms with Crippen LogP contribution >= 0.6 is 12.2 Å². The summed E-state index contributed by atoms with van der Waals surface area (Å²) < 4.78 is 0. The number of thiocarbonyl (C=S) groups is 1. The highest BCUT2D eigenvalue weighted by Gasteiger charge is 2.18. The van der Waals surface area contributed by atoms with Gasteiger partial charge in [-0.15, -0.1) is 0 Å². The Kier molecular flexibility index (Phi) is 3.01. The van der Waals surface area contributed by atoms with E-state index in [0.29, 0.717) is 5.11 Å².